The fourth-order valence-electron chi connectivity index (χ4n) is 1.02. The summed E-state index contributed by atoms with van der Waals surface area (Å²) in [7, 11) is 1.96. The normalized spacial score (nSPS) is 10.9. The molecule has 1 aromatic rings. The van der Waals surface area contributed by atoms with E-state index in [1.165, 1.54) is 5.56 Å². The molecule has 1 heterocycles. The van der Waals surface area contributed by atoms with Crippen molar-refractivity contribution in [2.24, 2.45) is 0 Å². The molecule has 1 rings (SSSR count). The van der Waals surface area contributed by atoms with E-state index >= 15 is 0 Å². The minimum absolute atomic E-state index is 1.02. The summed E-state index contributed by atoms with van der Waals surface area (Å²) in [6.45, 7) is 3.02. The smallest absolute Gasteiger partial charge is 0.0373 e. The average Bonchev–Trinajstić information content (AvgIpc) is 2.15. The van der Waals surface area contributed by atoms with E-state index in [2.05, 4.69) is 28.5 Å². The molecule has 0 bridgehead atoms. The maximum atomic E-state index is 4.21. The SMILES string of the molecule is CNCCC=Cc1ccc(C)nc1. The van der Waals surface area contributed by atoms with E-state index in [1.807, 2.05) is 26.2 Å². The molecule has 0 aliphatic heterocycles. The Morgan fingerprint density at radius 3 is 2.92 bits per heavy atom. The van der Waals surface area contributed by atoms with Gasteiger partial charge in [-0.15, -0.1) is 0 Å². The van der Waals surface area contributed by atoms with Crippen LogP contribution in [0.3, 0.4) is 0 Å². The zero-order valence-electron chi connectivity index (χ0n) is 8.25. The van der Waals surface area contributed by atoms with Gasteiger partial charge in [0.1, 0.15) is 0 Å². The van der Waals surface area contributed by atoms with Crippen LogP contribution in [-0.4, -0.2) is 18.6 Å². The Bertz CT molecular complexity index is 262. The number of aryl methyl sites for hydroxylation is 1. The van der Waals surface area contributed by atoms with Crippen molar-refractivity contribution < 1.29 is 0 Å². The van der Waals surface area contributed by atoms with Gasteiger partial charge in [-0.05, 0) is 38.6 Å². The molecular formula is C11H16N2. The Morgan fingerprint density at radius 1 is 1.46 bits per heavy atom. The number of hydrogen-bond acceptors (Lipinski definition) is 2. The van der Waals surface area contributed by atoms with Crippen LogP contribution in [0.2, 0.25) is 0 Å². The lowest BCUT2D eigenvalue weighted by atomic mass is 10.2. The molecule has 0 unspecified atom stereocenters. The standard InChI is InChI=1S/C11H16N2/c1-10-6-7-11(9-13-10)5-3-4-8-12-2/h3,5-7,9,12H,4,8H2,1-2H3. The van der Waals surface area contributed by atoms with Crippen molar-refractivity contribution in [3.05, 3.63) is 35.7 Å². The van der Waals surface area contributed by atoms with E-state index in [-0.39, 0.29) is 0 Å². The lowest BCUT2D eigenvalue weighted by molar-refractivity contribution is 0.809. The monoisotopic (exact) mass is 176 g/mol. The third kappa shape index (κ3) is 3.85. The number of nitrogens with one attached hydrogen (secondary N) is 1. The van der Waals surface area contributed by atoms with Crippen LogP contribution in [0, 0.1) is 6.92 Å². The van der Waals surface area contributed by atoms with Crippen LogP contribution in [0.4, 0.5) is 0 Å². The van der Waals surface area contributed by atoms with Gasteiger partial charge in [0.2, 0.25) is 0 Å². The molecule has 2 nitrogen and oxygen atoms in total. The topological polar surface area (TPSA) is 24.9 Å². The van der Waals surface area contributed by atoms with Crippen LogP contribution in [-0.2, 0) is 0 Å². The number of hydrogen-bond donors (Lipinski definition) is 1. The molecule has 70 valence electrons. The summed E-state index contributed by atoms with van der Waals surface area (Å²) in [5, 5.41) is 3.10. The first-order valence-corrected chi connectivity index (χ1v) is 4.56. The Kier molecular flexibility index (Phi) is 4.19. The van der Waals surface area contributed by atoms with Gasteiger partial charge in [0, 0.05) is 11.9 Å². The third-order valence-electron chi connectivity index (χ3n) is 1.81. The highest BCUT2D eigenvalue weighted by Gasteiger charge is 1.86. The molecule has 13 heavy (non-hydrogen) atoms. The molecule has 0 radical (unpaired) electrons. The van der Waals surface area contributed by atoms with E-state index < -0.39 is 0 Å². The van der Waals surface area contributed by atoms with Crippen LogP contribution in [0.25, 0.3) is 6.08 Å². The van der Waals surface area contributed by atoms with Crippen LogP contribution >= 0.6 is 0 Å². The van der Waals surface area contributed by atoms with Gasteiger partial charge in [0.15, 0.2) is 0 Å². The van der Waals surface area contributed by atoms with Crippen molar-refractivity contribution in [1.29, 1.82) is 0 Å². The van der Waals surface area contributed by atoms with E-state index in [0.717, 1.165) is 18.7 Å². The van der Waals surface area contributed by atoms with Gasteiger partial charge >= 0.3 is 0 Å². The number of rotatable bonds is 4. The molecule has 0 saturated heterocycles. The van der Waals surface area contributed by atoms with Crippen LogP contribution in [0.15, 0.2) is 24.4 Å². The second-order valence-corrected chi connectivity index (χ2v) is 3.03. The van der Waals surface area contributed by atoms with E-state index in [9.17, 15) is 0 Å². The molecule has 0 aliphatic rings. The van der Waals surface area contributed by atoms with Gasteiger partial charge in [-0.25, -0.2) is 0 Å². The van der Waals surface area contributed by atoms with Crippen LogP contribution < -0.4 is 5.32 Å². The van der Waals surface area contributed by atoms with Crippen molar-refractivity contribution >= 4 is 6.08 Å². The van der Waals surface area contributed by atoms with E-state index in [0.29, 0.717) is 0 Å². The fourth-order valence-corrected chi connectivity index (χ4v) is 1.02. The molecule has 0 amide bonds. The second kappa shape index (κ2) is 5.49. The predicted octanol–water partition coefficient (Wildman–Crippen LogP) is 2.01. The Balaban J connectivity index is 2.44. The lowest BCUT2D eigenvalue weighted by Gasteiger charge is -1.94. The summed E-state index contributed by atoms with van der Waals surface area (Å²) in [4.78, 5) is 4.21. The Morgan fingerprint density at radius 2 is 2.31 bits per heavy atom. The highest BCUT2D eigenvalue weighted by molar-refractivity contribution is 5.47. The molecule has 0 saturated carbocycles. The molecule has 0 spiro atoms. The van der Waals surface area contributed by atoms with Crippen molar-refractivity contribution in [2.45, 2.75) is 13.3 Å². The lowest BCUT2D eigenvalue weighted by Crippen LogP contribution is -2.05. The van der Waals surface area contributed by atoms with Gasteiger partial charge in [0.05, 0.1) is 0 Å². The second-order valence-electron chi connectivity index (χ2n) is 3.03. The molecule has 1 aromatic heterocycles. The Labute approximate surface area is 79.7 Å². The number of nitrogens with zero attached hydrogens (tertiary/aromatic N) is 1. The summed E-state index contributed by atoms with van der Waals surface area (Å²) in [5.41, 5.74) is 2.23. The highest BCUT2D eigenvalue weighted by Crippen LogP contribution is 2.01. The summed E-state index contributed by atoms with van der Waals surface area (Å²) in [6.07, 6.45) is 7.21. The quantitative estimate of drug-likeness (QED) is 0.710. The first-order valence-electron chi connectivity index (χ1n) is 4.56. The van der Waals surface area contributed by atoms with E-state index in [1.54, 1.807) is 0 Å². The van der Waals surface area contributed by atoms with Gasteiger partial charge in [0.25, 0.3) is 0 Å². The predicted molar refractivity (Wildman–Crippen MR) is 56.6 cm³/mol. The highest BCUT2D eigenvalue weighted by atomic mass is 14.8. The molecule has 2 heteroatoms. The van der Waals surface area contributed by atoms with Gasteiger partial charge in [-0.2, -0.15) is 0 Å². The first-order chi connectivity index (χ1) is 6.33. The van der Waals surface area contributed by atoms with Crippen molar-refractivity contribution in [2.75, 3.05) is 13.6 Å². The van der Waals surface area contributed by atoms with Crippen molar-refractivity contribution in [3.8, 4) is 0 Å². The minimum Gasteiger partial charge on any atom is -0.319 e. The number of aromatic nitrogens is 1. The van der Waals surface area contributed by atoms with Gasteiger partial charge < -0.3 is 5.32 Å². The maximum Gasteiger partial charge on any atom is 0.0373 e. The van der Waals surface area contributed by atoms with Crippen molar-refractivity contribution in [1.82, 2.24) is 10.3 Å². The Hall–Kier alpha value is -1.15. The average molecular weight is 176 g/mol. The molecule has 0 aromatic carbocycles. The fraction of sp³-hybridized carbons (Fsp3) is 0.364. The van der Waals surface area contributed by atoms with Crippen LogP contribution in [0.5, 0.6) is 0 Å². The zero-order valence-corrected chi connectivity index (χ0v) is 8.25. The molecule has 0 fully saturated rings. The maximum absolute atomic E-state index is 4.21. The summed E-state index contributed by atoms with van der Waals surface area (Å²) < 4.78 is 0. The molecule has 1 N–H and O–H groups in total. The molecular weight excluding hydrogens is 160 g/mol. The zero-order chi connectivity index (χ0) is 9.52. The first kappa shape index (κ1) is 9.93. The van der Waals surface area contributed by atoms with E-state index in [4.69, 9.17) is 0 Å². The molecule has 0 atom stereocenters. The summed E-state index contributed by atoms with van der Waals surface area (Å²) in [6, 6.07) is 4.11. The van der Waals surface area contributed by atoms with Crippen LogP contribution in [0.1, 0.15) is 17.7 Å². The third-order valence-corrected chi connectivity index (χ3v) is 1.81. The minimum atomic E-state index is 1.02. The summed E-state index contributed by atoms with van der Waals surface area (Å²) >= 11 is 0. The number of pyridine rings is 1. The van der Waals surface area contributed by atoms with Gasteiger partial charge in [-0.1, -0.05) is 18.2 Å². The molecule has 0 aliphatic carbocycles. The largest absolute Gasteiger partial charge is 0.319 e. The van der Waals surface area contributed by atoms with Crippen molar-refractivity contribution in [3.63, 3.8) is 0 Å². The van der Waals surface area contributed by atoms with Gasteiger partial charge in [-0.3, -0.25) is 4.98 Å². The summed E-state index contributed by atoms with van der Waals surface area (Å²) in [5.74, 6) is 0.